The van der Waals surface area contributed by atoms with Crippen molar-refractivity contribution in [3.8, 4) is 0 Å². The van der Waals surface area contributed by atoms with E-state index < -0.39 is 16.1 Å². The first kappa shape index (κ1) is 21.3. The number of hydrogen-bond donors (Lipinski definition) is 1. The van der Waals surface area contributed by atoms with E-state index >= 15 is 0 Å². The Labute approximate surface area is 166 Å². The third-order valence-electron chi connectivity index (χ3n) is 4.41. The fourth-order valence-corrected chi connectivity index (χ4v) is 4.41. The Morgan fingerprint density at radius 3 is 2.37 bits per heavy atom. The lowest BCUT2D eigenvalue weighted by Gasteiger charge is -2.29. The van der Waals surface area contributed by atoms with E-state index in [1.807, 2.05) is 39.0 Å². The molecule has 2 aromatic rings. The average Bonchev–Trinajstić information content (AvgIpc) is 2.55. The van der Waals surface area contributed by atoms with E-state index in [1.165, 1.54) is 6.07 Å². The molecular formula is C20H25ClN2O3S. The van der Waals surface area contributed by atoms with E-state index in [0.29, 0.717) is 10.7 Å². The number of anilines is 1. The van der Waals surface area contributed by atoms with Crippen LogP contribution in [0.5, 0.6) is 0 Å². The highest BCUT2D eigenvalue weighted by atomic mass is 35.5. The van der Waals surface area contributed by atoms with Crippen LogP contribution in [0.15, 0.2) is 42.5 Å². The fraction of sp³-hybridized carbons (Fsp3) is 0.350. The van der Waals surface area contributed by atoms with Gasteiger partial charge in [-0.15, -0.1) is 0 Å². The zero-order valence-electron chi connectivity index (χ0n) is 16.2. The van der Waals surface area contributed by atoms with Crippen molar-refractivity contribution in [2.24, 2.45) is 0 Å². The Balaban J connectivity index is 2.28. The molecule has 0 aliphatic carbocycles. The maximum atomic E-state index is 12.8. The molecule has 0 bridgehead atoms. The molecule has 146 valence electrons. The van der Waals surface area contributed by atoms with Gasteiger partial charge in [0.2, 0.25) is 15.9 Å². The molecule has 0 aliphatic rings. The van der Waals surface area contributed by atoms with Crippen LogP contribution in [0.1, 0.15) is 36.6 Å². The number of rotatable bonds is 6. The summed E-state index contributed by atoms with van der Waals surface area (Å²) < 4.78 is 25.8. The van der Waals surface area contributed by atoms with Crippen molar-refractivity contribution >= 4 is 33.2 Å². The van der Waals surface area contributed by atoms with Gasteiger partial charge in [0.25, 0.3) is 0 Å². The summed E-state index contributed by atoms with van der Waals surface area (Å²) >= 11 is 6.00. The van der Waals surface area contributed by atoms with Crippen LogP contribution in [-0.4, -0.2) is 26.6 Å². The van der Waals surface area contributed by atoms with E-state index in [0.717, 1.165) is 27.3 Å². The summed E-state index contributed by atoms with van der Waals surface area (Å²) in [6.45, 7) is 7.42. The molecule has 0 saturated carbocycles. The van der Waals surface area contributed by atoms with Crippen LogP contribution in [0.3, 0.4) is 0 Å². The van der Waals surface area contributed by atoms with Crippen LogP contribution >= 0.6 is 11.6 Å². The van der Waals surface area contributed by atoms with Crippen LogP contribution in [0, 0.1) is 13.8 Å². The Kier molecular flexibility index (Phi) is 6.54. The fourth-order valence-electron chi connectivity index (χ4n) is 3.06. The Bertz CT molecular complexity index is 944. The quantitative estimate of drug-likeness (QED) is 0.785. The van der Waals surface area contributed by atoms with Gasteiger partial charge in [0.1, 0.15) is 6.04 Å². The van der Waals surface area contributed by atoms with Crippen molar-refractivity contribution in [3.05, 3.63) is 64.2 Å². The molecule has 0 spiro atoms. The van der Waals surface area contributed by atoms with Gasteiger partial charge < -0.3 is 5.32 Å². The summed E-state index contributed by atoms with van der Waals surface area (Å²) in [6, 6.07) is 11.3. The molecule has 0 fully saturated rings. The number of nitrogens with one attached hydrogen (secondary N) is 1. The number of aryl methyl sites for hydroxylation is 2. The largest absolute Gasteiger partial charge is 0.348 e. The number of benzene rings is 2. The average molecular weight is 409 g/mol. The smallest absolute Gasteiger partial charge is 0.244 e. The molecule has 0 heterocycles. The van der Waals surface area contributed by atoms with Crippen LogP contribution in [-0.2, 0) is 14.8 Å². The number of nitrogens with zero attached hydrogens (tertiary/aromatic N) is 1. The van der Waals surface area contributed by atoms with Gasteiger partial charge in [-0.3, -0.25) is 9.10 Å². The molecule has 0 aliphatic heterocycles. The normalized spacial score (nSPS) is 13.7. The van der Waals surface area contributed by atoms with E-state index in [9.17, 15) is 13.2 Å². The first-order chi connectivity index (χ1) is 12.5. The minimum absolute atomic E-state index is 0.249. The minimum Gasteiger partial charge on any atom is -0.348 e. The van der Waals surface area contributed by atoms with Crippen LogP contribution in [0.4, 0.5) is 5.69 Å². The molecule has 2 rings (SSSR count). The number of sulfonamides is 1. The van der Waals surface area contributed by atoms with Crippen LogP contribution in [0.25, 0.3) is 0 Å². The summed E-state index contributed by atoms with van der Waals surface area (Å²) in [5, 5.41) is 3.32. The highest BCUT2D eigenvalue weighted by molar-refractivity contribution is 7.92. The lowest BCUT2D eigenvalue weighted by Crippen LogP contribution is -2.48. The summed E-state index contributed by atoms with van der Waals surface area (Å²) in [6.07, 6.45) is 1.08. The third-order valence-corrected chi connectivity index (χ3v) is 5.89. The predicted molar refractivity (Wildman–Crippen MR) is 111 cm³/mol. The highest BCUT2D eigenvalue weighted by Gasteiger charge is 2.30. The zero-order chi connectivity index (χ0) is 20.4. The van der Waals surface area contributed by atoms with Crippen LogP contribution < -0.4 is 9.62 Å². The monoisotopic (exact) mass is 408 g/mol. The molecule has 0 saturated heterocycles. The van der Waals surface area contributed by atoms with Crippen LogP contribution in [0.2, 0.25) is 5.02 Å². The van der Waals surface area contributed by atoms with Crippen molar-refractivity contribution < 1.29 is 13.2 Å². The molecular weight excluding hydrogens is 384 g/mol. The first-order valence-corrected chi connectivity index (χ1v) is 10.9. The SMILES string of the molecule is Cc1ccc(C)c([C@H](C)NC(=O)[C@H](C)N(c2cccc(Cl)c2)S(C)(=O)=O)c1. The lowest BCUT2D eigenvalue weighted by atomic mass is 10.00. The van der Waals surface area contributed by atoms with E-state index in [-0.39, 0.29) is 11.9 Å². The highest BCUT2D eigenvalue weighted by Crippen LogP contribution is 2.25. The van der Waals surface area contributed by atoms with Crippen molar-refractivity contribution in [1.29, 1.82) is 0 Å². The van der Waals surface area contributed by atoms with Gasteiger partial charge in [-0.25, -0.2) is 8.42 Å². The summed E-state index contributed by atoms with van der Waals surface area (Å²) in [4.78, 5) is 12.8. The molecule has 27 heavy (non-hydrogen) atoms. The minimum atomic E-state index is -3.68. The van der Waals surface area contributed by atoms with Gasteiger partial charge in [-0.1, -0.05) is 41.4 Å². The number of carbonyl (C=O) groups is 1. The van der Waals surface area contributed by atoms with Gasteiger partial charge >= 0.3 is 0 Å². The Morgan fingerprint density at radius 1 is 1.11 bits per heavy atom. The zero-order valence-corrected chi connectivity index (χ0v) is 17.7. The number of amides is 1. The van der Waals surface area contributed by atoms with Crippen molar-refractivity contribution in [3.63, 3.8) is 0 Å². The summed E-state index contributed by atoms with van der Waals surface area (Å²) in [7, 11) is -3.68. The lowest BCUT2D eigenvalue weighted by molar-refractivity contribution is -0.122. The molecule has 2 atom stereocenters. The second-order valence-corrected chi connectivity index (χ2v) is 9.10. The maximum absolute atomic E-state index is 12.8. The number of carbonyl (C=O) groups excluding carboxylic acids is 1. The standard InChI is InChI=1S/C20H25ClN2O3S/c1-13-9-10-14(2)19(11-13)15(3)22-20(24)16(4)23(27(5,25)26)18-8-6-7-17(21)12-18/h6-12,15-16H,1-5H3,(H,22,24)/t15-,16-/m0/s1. The second-order valence-electron chi connectivity index (χ2n) is 6.80. The van der Waals surface area contributed by atoms with Crippen molar-refractivity contribution in [2.75, 3.05) is 10.6 Å². The Morgan fingerprint density at radius 2 is 1.78 bits per heavy atom. The number of hydrogen-bond acceptors (Lipinski definition) is 3. The van der Waals surface area contributed by atoms with Crippen molar-refractivity contribution in [2.45, 2.75) is 39.8 Å². The van der Waals surface area contributed by atoms with Gasteiger partial charge in [0.05, 0.1) is 18.0 Å². The number of halogens is 1. The molecule has 0 unspecified atom stereocenters. The van der Waals surface area contributed by atoms with E-state index in [1.54, 1.807) is 25.1 Å². The molecule has 2 aromatic carbocycles. The molecule has 0 radical (unpaired) electrons. The van der Waals surface area contributed by atoms with Gasteiger partial charge in [-0.05, 0) is 57.0 Å². The molecule has 1 N–H and O–H groups in total. The summed E-state index contributed by atoms with van der Waals surface area (Å²) in [5.74, 6) is -0.381. The maximum Gasteiger partial charge on any atom is 0.244 e. The van der Waals surface area contributed by atoms with Crippen molar-refractivity contribution in [1.82, 2.24) is 5.32 Å². The summed E-state index contributed by atoms with van der Waals surface area (Å²) in [5.41, 5.74) is 3.52. The van der Waals surface area contributed by atoms with E-state index in [4.69, 9.17) is 11.6 Å². The predicted octanol–water partition coefficient (Wildman–Crippen LogP) is 3.99. The molecule has 5 nitrogen and oxygen atoms in total. The van der Waals surface area contributed by atoms with Gasteiger partial charge in [0, 0.05) is 5.02 Å². The first-order valence-electron chi connectivity index (χ1n) is 8.63. The van der Waals surface area contributed by atoms with Gasteiger partial charge in [-0.2, -0.15) is 0 Å². The second kappa shape index (κ2) is 8.31. The molecule has 1 amide bonds. The third kappa shape index (κ3) is 5.23. The topological polar surface area (TPSA) is 66.5 Å². The molecule has 0 aromatic heterocycles. The Hall–Kier alpha value is -2.05. The van der Waals surface area contributed by atoms with E-state index in [2.05, 4.69) is 5.32 Å². The van der Waals surface area contributed by atoms with Gasteiger partial charge in [0.15, 0.2) is 0 Å². The molecule has 7 heteroatoms.